The summed E-state index contributed by atoms with van der Waals surface area (Å²) in [6.07, 6.45) is 6.08. The molecule has 1 aromatic carbocycles. The van der Waals surface area contributed by atoms with Crippen molar-refractivity contribution in [2.75, 3.05) is 32.0 Å². The first kappa shape index (κ1) is 25.8. The summed E-state index contributed by atoms with van der Waals surface area (Å²) in [5.41, 5.74) is 1.58. The van der Waals surface area contributed by atoms with Crippen molar-refractivity contribution in [3.63, 3.8) is 0 Å². The lowest BCUT2D eigenvalue weighted by Gasteiger charge is -2.39. The number of ether oxygens (including phenoxy) is 1. The molecular weight excluding hydrogens is 458 g/mol. The van der Waals surface area contributed by atoms with Gasteiger partial charge in [0.25, 0.3) is 0 Å². The number of benzene rings is 1. The topological polar surface area (TPSA) is 58.6 Å². The minimum Gasteiger partial charge on any atom is -0.378 e. The lowest BCUT2D eigenvalue weighted by molar-refractivity contribution is -0.122. The maximum absolute atomic E-state index is 13.6. The molecule has 0 aliphatic heterocycles. The monoisotopic (exact) mass is 498 g/mol. The maximum atomic E-state index is 13.6. The van der Waals surface area contributed by atoms with E-state index in [1.807, 2.05) is 18.2 Å². The van der Waals surface area contributed by atoms with Gasteiger partial charge in [0, 0.05) is 32.2 Å². The van der Waals surface area contributed by atoms with Gasteiger partial charge in [0.05, 0.1) is 10.9 Å². The Kier molecular flexibility index (Phi) is 7.34. The fourth-order valence-electron chi connectivity index (χ4n) is 5.90. The molecule has 0 unspecified atom stereocenters. The molecule has 0 amide bonds. The average molecular weight is 499 g/mol. The highest BCUT2D eigenvalue weighted by Crippen LogP contribution is 2.57. The molecule has 3 saturated carbocycles. The normalized spacial score (nSPS) is 28.1. The van der Waals surface area contributed by atoms with Crippen LogP contribution in [-0.4, -0.2) is 57.3 Å². The van der Waals surface area contributed by atoms with Gasteiger partial charge in [0.2, 0.25) is 15.9 Å². The Hall–Kier alpha value is -1.25. The minimum atomic E-state index is -3.26. The second-order valence-electron chi connectivity index (χ2n) is 10.9. The van der Waals surface area contributed by atoms with Crippen LogP contribution in [0.2, 0.25) is 0 Å². The Morgan fingerprint density at radius 3 is 2.50 bits per heavy atom. The first-order chi connectivity index (χ1) is 16.0. The van der Waals surface area contributed by atoms with E-state index >= 15 is 0 Å². The van der Waals surface area contributed by atoms with Crippen molar-refractivity contribution in [1.82, 2.24) is 4.90 Å². The average Bonchev–Trinajstić information content (AvgIpc) is 3.70. The highest BCUT2D eigenvalue weighted by molar-refractivity contribution is 7.93. The van der Waals surface area contributed by atoms with Crippen molar-refractivity contribution in [3.8, 4) is 0 Å². The summed E-state index contributed by atoms with van der Waals surface area (Å²) in [6, 6.07) is 7.93. The molecule has 8 heteroatoms. The summed E-state index contributed by atoms with van der Waals surface area (Å²) < 4.78 is 60.3. The summed E-state index contributed by atoms with van der Waals surface area (Å²) in [5.74, 6) is -2.01. The fourth-order valence-corrected chi connectivity index (χ4v) is 7.27. The molecule has 0 bridgehead atoms. The molecule has 1 aromatic rings. The predicted octanol–water partition coefficient (Wildman–Crippen LogP) is 5.56. The van der Waals surface area contributed by atoms with Crippen LogP contribution in [0.25, 0.3) is 0 Å². The van der Waals surface area contributed by atoms with Gasteiger partial charge >= 0.3 is 0 Å². The fraction of sp³-hybridized carbons (Fsp3) is 0.769. The van der Waals surface area contributed by atoms with Gasteiger partial charge in [-0.2, -0.15) is 0 Å². The predicted molar refractivity (Wildman–Crippen MR) is 132 cm³/mol. The lowest BCUT2D eigenvalue weighted by atomic mass is 9.79. The number of anilines is 1. The summed E-state index contributed by atoms with van der Waals surface area (Å²) in [5, 5.41) is -0.235. The standard InChI is InChI=1S/C26H40F2N2O3S/c1-4-25(20-7-5-8-22(17-20)29-34(31,32)23-9-10-23)18-21(25)19-30(2)16-6-11-24(33-3)12-14-26(27,28)15-13-24/h5,7-8,17,21,23,29H,4,6,9-16,18-19H2,1-3H3/t21-,25-/m0/s1. The molecule has 4 rings (SSSR count). The molecule has 34 heavy (non-hydrogen) atoms. The second-order valence-corrected chi connectivity index (χ2v) is 12.9. The SMILES string of the molecule is CC[C@@]1(c2cccc(NS(=O)(=O)C3CC3)c2)C[C@H]1CN(C)CCCC1(OC)CCC(F)(F)CC1. The van der Waals surface area contributed by atoms with Crippen molar-refractivity contribution < 1.29 is 21.9 Å². The molecule has 0 heterocycles. The first-order valence-corrected chi connectivity index (χ1v) is 14.3. The van der Waals surface area contributed by atoms with E-state index in [0.29, 0.717) is 24.4 Å². The number of methoxy groups -OCH3 is 1. The third kappa shape index (κ3) is 5.76. The summed E-state index contributed by atoms with van der Waals surface area (Å²) in [6.45, 7) is 4.10. The Morgan fingerprint density at radius 2 is 1.88 bits per heavy atom. The van der Waals surface area contributed by atoms with Gasteiger partial charge in [-0.05, 0) is 94.0 Å². The van der Waals surface area contributed by atoms with Crippen molar-refractivity contribution in [2.24, 2.45) is 5.92 Å². The van der Waals surface area contributed by atoms with Crippen LogP contribution in [0.4, 0.5) is 14.5 Å². The number of nitrogens with zero attached hydrogens (tertiary/aromatic N) is 1. The smallest absolute Gasteiger partial charge is 0.248 e. The van der Waals surface area contributed by atoms with Gasteiger partial charge in [0.15, 0.2) is 0 Å². The molecule has 0 saturated heterocycles. The molecule has 3 aliphatic carbocycles. The Bertz CT molecular complexity index is 957. The quantitative estimate of drug-likeness (QED) is 0.410. The van der Waals surface area contributed by atoms with Gasteiger partial charge < -0.3 is 9.64 Å². The number of nitrogens with one attached hydrogen (secondary N) is 1. The van der Waals surface area contributed by atoms with Crippen LogP contribution in [-0.2, 0) is 20.2 Å². The zero-order chi connectivity index (χ0) is 24.6. The highest BCUT2D eigenvalue weighted by atomic mass is 32.2. The van der Waals surface area contributed by atoms with Gasteiger partial charge in [-0.1, -0.05) is 19.1 Å². The number of halogens is 2. The van der Waals surface area contributed by atoms with E-state index in [1.54, 1.807) is 7.11 Å². The van der Waals surface area contributed by atoms with Gasteiger partial charge in [0.1, 0.15) is 0 Å². The number of rotatable bonds is 12. The van der Waals surface area contributed by atoms with E-state index in [-0.39, 0.29) is 23.5 Å². The third-order valence-corrected chi connectivity index (χ3v) is 10.4. The Balaban J connectivity index is 1.29. The van der Waals surface area contributed by atoms with Crippen molar-refractivity contribution in [3.05, 3.63) is 29.8 Å². The molecule has 3 fully saturated rings. The van der Waals surface area contributed by atoms with Gasteiger partial charge in [-0.15, -0.1) is 0 Å². The minimum absolute atomic E-state index is 0.0757. The number of hydrogen-bond acceptors (Lipinski definition) is 4. The molecule has 192 valence electrons. The summed E-state index contributed by atoms with van der Waals surface area (Å²) in [4.78, 5) is 2.35. The lowest BCUT2D eigenvalue weighted by Crippen LogP contribution is -2.40. The summed E-state index contributed by atoms with van der Waals surface area (Å²) >= 11 is 0. The number of alkyl halides is 2. The van der Waals surface area contributed by atoms with Crippen molar-refractivity contribution >= 4 is 15.7 Å². The maximum Gasteiger partial charge on any atom is 0.248 e. The van der Waals surface area contributed by atoms with E-state index < -0.39 is 21.5 Å². The van der Waals surface area contributed by atoms with Crippen LogP contribution < -0.4 is 4.72 Å². The first-order valence-electron chi connectivity index (χ1n) is 12.8. The molecule has 1 N–H and O–H groups in total. The molecule has 5 nitrogen and oxygen atoms in total. The molecule has 2 atom stereocenters. The zero-order valence-corrected chi connectivity index (χ0v) is 21.6. The molecule has 0 spiro atoms. The molecule has 0 radical (unpaired) electrons. The van der Waals surface area contributed by atoms with Crippen molar-refractivity contribution in [2.45, 2.75) is 93.3 Å². The van der Waals surface area contributed by atoms with Crippen LogP contribution in [0.15, 0.2) is 24.3 Å². The van der Waals surface area contributed by atoms with E-state index in [1.165, 1.54) is 5.56 Å². The van der Waals surface area contributed by atoms with Crippen LogP contribution >= 0.6 is 0 Å². The molecule has 0 aromatic heterocycles. The van der Waals surface area contributed by atoms with Crippen LogP contribution in [0.1, 0.15) is 76.7 Å². The van der Waals surface area contributed by atoms with Crippen LogP contribution in [0.5, 0.6) is 0 Å². The number of hydrogen-bond donors (Lipinski definition) is 1. The largest absolute Gasteiger partial charge is 0.378 e. The zero-order valence-electron chi connectivity index (χ0n) is 20.8. The van der Waals surface area contributed by atoms with Crippen molar-refractivity contribution in [1.29, 1.82) is 0 Å². The van der Waals surface area contributed by atoms with Gasteiger partial charge in [-0.3, -0.25) is 4.72 Å². The molecule has 3 aliphatic rings. The van der Waals surface area contributed by atoms with E-state index in [2.05, 4.69) is 29.7 Å². The Labute approximate surface area is 203 Å². The molecular formula is C26H40F2N2O3S. The van der Waals surface area contributed by atoms with Crippen LogP contribution in [0, 0.1) is 5.92 Å². The Morgan fingerprint density at radius 1 is 1.18 bits per heavy atom. The van der Waals surface area contributed by atoms with Gasteiger partial charge in [-0.25, -0.2) is 17.2 Å². The third-order valence-electron chi connectivity index (χ3n) is 8.55. The summed E-state index contributed by atoms with van der Waals surface area (Å²) in [7, 11) is 0.526. The van der Waals surface area contributed by atoms with Crippen LogP contribution in [0.3, 0.4) is 0 Å². The highest BCUT2D eigenvalue weighted by Gasteiger charge is 2.53. The van der Waals surface area contributed by atoms with E-state index in [4.69, 9.17) is 4.74 Å². The number of sulfonamides is 1. The van der Waals surface area contributed by atoms with E-state index in [0.717, 1.165) is 51.6 Å². The second kappa shape index (κ2) is 9.66. The van der Waals surface area contributed by atoms with E-state index in [9.17, 15) is 17.2 Å².